The van der Waals surface area contributed by atoms with Gasteiger partial charge in [-0.1, -0.05) is 43.2 Å². The van der Waals surface area contributed by atoms with Crippen LogP contribution in [0.5, 0.6) is 0 Å². The summed E-state index contributed by atoms with van der Waals surface area (Å²) in [7, 11) is 0. The van der Waals surface area contributed by atoms with E-state index in [9.17, 15) is 9.90 Å². The molecule has 1 N–H and O–H groups in total. The Kier molecular flexibility index (Phi) is 4.61. The molecular formula is C20H24N2O2S. The van der Waals surface area contributed by atoms with Gasteiger partial charge in [0.25, 0.3) is 0 Å². The lowest BCUT2D eigenvalue weighted by Gasteiger charge is -2.47. The van der Waals surface area contributed by atoms with Crippen molar-refractivity contribution < 1.29 is 9.90 Å². The Bertz CT molecular complexity index is 745. The second-order valence-corrected chi connectivity index (χ2v) is 8.18. The van der Waals surface area contributed by atoms with Gasteiger partial charge in [-0.3, -0.25) is 4.79 Å². The highest BCUT2D eigenvalue weighted by Crippen LogP contribution is 2.39. The number of hydrogen-bond acceptors (Lipinski definition) is 4. The molecule has 1 aromatic carbocycles. The van der Waals surface area contributed by atoms with Crippen molar-refractivity contribution in [2.24, 2.45) is 5.92 Å². The lowest BCUT2D eigenvalue weighted by atomic mass is 9.71. The second kappa shape index (κ2) is 6.89. The van der Waals surface area contributed by atoms with Gasteiger partial charge in [-0.15, -0.1) is 11.3 Å². The number of carbonyl (C=O) groups excluding carboxylic acids is 1. The summed E-state index contributed by atoms with van der Waals surface area (Å²) in [5.41, 5.74) is 1.41. The predicted molar refractivity (Wildman–Crippen MR) is 99.4 cm³/mol. The van der Waals surface area contributed by atoms with Crippen LogP contribution < -0.4 is 0 Å². The highest BCUT2D eigenvalue weighted by molar-refractivity contribution is 7.13. The number of amides is 1. The standard InChI is InChI=1S/C20H24N2O2S/c23-18(22-11-10-20(24)9-5-4-8-16(20)13-22)12-17-14-25-19(21-17)15-6-2-1-3-7-15/h1-3,6-7,14,16,24H,4-5,8-13H2/t16-,20-/m1/s1. The molecule has 0 bridgehead atoms. The molecule has 0 radical (unpaired) electrons. The molecule has 1 aliphatic heterocycles. The van der Waals surface area contributed by atoms with Crippen LogP contribution in [-0.4, -0.2) is 39.6 Å². The molecule has 1 aromatic heterocycles. The Labute approximate surface area is 152 Å². The van der Waals surface area contributed by atoms with Gasteiger partial charge in [-0.05, 0) is 19.3 Å². The quantitative estimate of drug-likeness (QED) is 0.916. The maximum atomic E-state index is 12.7. The van der Waals surface area contributed by atoms with Crippen LogP contribution in [0.25, 0.3) is 10.6 Å². The summed E-state index contributed by atoms with van der Waals surface area (Å²) >= 11 is 1.59. The van der Waals surface area contributed by atoms with E-state index in [1.165, 1.54) is 6.42 Å². The van der Waals surface area contributed by atoms with E-state index in [4.69, 9.17) is 0 Å². The third-order valence-corrected chi connectivity index (χ3v) is 6.63. The minimum absolute atomic E-state index is 0.137. The summed E-state index contributed by atoms with van der Waals surface area (Å²) < 4.78 is 0. The first-order valence-corrected chi connectivity index (χ1v) is 10.0. The van der Waals surface area contributed by atoms with Crippen LogP contribution in [0.3, 0.4) is 0 Å². The number of carbonyl (C=O) groups is 1. The van der Waals surface area contributed by atoms with Crippen LogP contribution in [0.1, 0.15) is 37.8 Å². The molecule has 4 rings (SSSR count). The topological polar surface area (TPSA) is 53.4 Å². The number of benzene rings is 1. The van der Waals surface area contributed by atoms with E-state index in [1.54, 1.807) is 11.3 Å². The zero-order chi connectivity index (χ0) is 17.3. The minimum atomic E-state index is -0.532. The number of aromatic nitrogens is 1. The summed E-state index contributed by atoms with van der Waals surface area (Å²) in [6.45, 7) is 1.37. The van der Waals surface area contributed by atoms with Crippen LogP contribution in [0.2, 0.25) is 0 Å². The minimum Gasteiger partial charge on any atom is -0.389 e. The Morgan fingerprint density at radius 1 is 1.28 bits per heavy atom. The van der Waals surface area contributed by atoms with Crippen molar-refractivity contribution in [2.75, 3.05) is 13.1 Å². The molecule has 1 saturated carbocycles. The Balaban J connectivity index is 1.40. The molecule has 5 heteroatoms. The van der Waals surface area contributed by atoms with Gasteiger partial charge in [-0.25, -0.2) is 4.98 Å². The van der Waals surface area contributed by atoms with E-state index in [-0.39, 0.29) is 11.8 Å². The molecule has 132 valence electrons. The van der Waals surface area contributed by atoms with Crippen molar-refractivity contribution in [1.29, 1.82) is 0 Å². The van der Waals surface area contributed by atoms with Gasteiger partial charge in [-0.2, -0.15) is 0 Å². The number of likely N-dealkylation sites (tertiary alicyclic amines) is 1. The van der Waals surface area contributed by atoms with Gasteiger partial charge < -0.3 is 10.0 Å². The van der Waals surface area contributed by atoms with E-state index in [1.807, 2.05) is 40.6 Å². The molecule has 0 unspecified atom stereocenters. The molecule has 2 aromatic rings. The van der Waals surface area contributed by atoms with Crippen molar-refractivity contribution in [1.82, 2.24) is 9.88 Å². The second-order valence-electron chi connectivity index (χ2n) is 7.32. The van der Waals surface area contributed by atoms with Gasteiger partial charge >= 0.3 is 0 Å². The highest BCUT2D eigenvalue weighted by atomic mass is 32.1. The maximum absolute atomic E-state index is 12.7. The average molecular weight is 356 g/mol. The maximum Gasteiger partial charge on any atom is 0.228 e. The monoisotopic (exact) mass is 356 g/mol. The number of rotatable bonds is 3. The molecule has 1 saturated heterocycles. The van der Waals surface area contributed by atoms with Gasteiger partial charge in [0.1, 0.15) is 5.01 Å². The molecule has 0 spiro atoms. The van der Waals surface area contributed by atoms with Gasteiger partial charge in [0.05, 0.1) is 17.7 Å². The van der Waals surface area contributed by atoms with Crippen LogP contribution in [-0.2, 0) is 11.2 Å². The first kappa shape index (κ1) is 16.7. The van der Waals surface area contributed by atoms with Gasteiger partial charge in [0.2, 0.25) is 5.91 Å². The fourth-order valence-electron chi connectivity index (χ4n) is 4.17. The van der Waals surface area contributed by atoms with E-state index >= 15 is 0 Å². The van der Waals surface area contributed by atoms with E-state index in [0.29, 0.717) is 19.5 Å². The molecular weight excluding hydrogens is 332 g/mol. The van der Waals surface area contributed by atoms with Crippen LogP contribution in [0.15, 0.2) is 35.7 Å². The molecule has 2 fully saturated rings. The van der Waals surface area contributed by atoms with Crippen molar-refractivity contribution >= 4 is 17.2 Å². The Morgan fingerprint density at radius 2 is 2.12 bits per heavy atom. The Morgan fingerprint density at radius 3 is 2.96 bits per heavy atom. The molecule has 1 aliphatic carbocycles. The predicted octanol–water partition coefficient (Wildman–Crippen LogP) is 3.51. The summed E-state index contributed by atoms with van der Waals surface area (Å²) in [6.07, 6.45) is 5.29. The molecule has 25 heavy (non-hydrogen) atoms. The van der Waals surface area contributed by atoms with E-state index < -0.39 is 5.60 Å². The van der Waals surface area contributed by atoms with E-state index in [2.05, 4.69) is 4.98 Å². The lowest BCUT2D eigenvalue weighted by Crippen LogP contribution is -2.54. The van der Waals surface area contributed by atoms with Crippen molar-refractivity contribution in [3.8, 4) is 10.6 Å². The summed E-state index contributed by atoms with van der Waals surface area (Å²) in [5.74, 6) is 0.381. The molecule has 2 aliphatic rings. The number of fused-ring (bicyclic) bond motifs is 1. The first-order valence-electron chi connectivity index (χ1n) is 9.14. The van der Waals surface area contributed by atoms with Crippen LogP contribution in [0, 0.1) is 5.92 Å². The smallest absolute Gasteiger partial charge is 0.228 e. The van der Waals surface area contributed by atoms with Gasteiger partial charge in [0.15, 0.2) is 0 Å². The van der Waals surface area contributed by atoms with E-state index in [0.717, 1.165) is 41.9 Å². The Hall–Kier alpha value is -1.72. The fourth-order valence-corrected chi connectivity index (χ4v) is 4.99. The zero-order valence-corrected chi connectivity index (χ0v) is 15.2. The largest absolute Gasteiger partial charge is 0.389 e. The summed E-state index contributed by atoms with van der Waals surface area (Å²) in [4.78, 5) is 19.3. The summed E-state index contributed by atoms with van der Waals surface area (Å²) in [6, 6.07) is 10.1. The number of piperidine rings is 1. The molecule has 2 atom stereocenters. The fraction of sp³-hybridized carbons (Fsp3) is 0.500. The molecule has 1 amide bonds. The zero-order valence-electron chi connectivity index (χ0n) is 14.4. The lowest BCUT2D eigenvalue weighted by molar-refractivity contribution is -0.142. The third-order valence-electron chi connectivity index (χ3n) is 5.69. The van der Waals surface area contributed by atoms with Crippen molar-refractivity contribution in [3.63, 3.8) is 0 Å². The normalized spacial score (nSPS) is 26.3. The molecule has 4 nitrogen and oxygen atoms in total. The SMILES string of the molecule is O=C(Cc1csc(-c2ccccc2)n1)N1CC[C@]2(O)CCCC[C@@H]2C1. The average Bonchev–Trinajstić information content (AvgIpc) is 3.10. The van der Waals surface area contributed by atoms with Crippen LogP contribution in [0.4, 0.5) is 0 Å². The van der Waals surface area contributed by atoms with Gasteiger partial charge in [0, 0.05) is 30.0 Å². The third kappa shape index (κ3) is 3.48. The molecule has 2 heterocycles. The van der Waals surface area contributed by atoms with Crippen LogP contribution >= 0.6 is 11.3 Å². The van der Waals surface area contributed by atoms with Crippen molar-refractivity contribution in [3.05, 3.63) is 41.4 Å². The summed E-state index contributed by atoms with van der Waals surface area (Å²) in [5, 5.41) is 13.7. The number of aliphatic hydroxyl groups is 1. The first-order chi connectivity index (χ1) is 12.1. The number of hydrogen-bond donors (Lipinski definition) is 1. The van der Waals surface area contributed by atoms with Crippen molar-refractivity contribution in [2.45, 2.75) is 44.1 Å². The number of thiazole rings is 1. The number of nitrogens with zero attached hydrogens (tertiary/aromatic N) is 2. The highest BCUT2D eigenvalue weighted by Gasteiger charge is 2.43.